The molecule has 2 heteroatoms. The van der Waals surface area contributed by atoms with E-state index in [2.05, 4.69) is 12.2 Å². The summed E-state index contributed by atoms with van der Waals surface area (Å²) in [6, 6.07) is 0. The summed E-state index contributed by atoms with van der Waals surface area (Å²) >= 11 is 0. The summed E-state index contributed by atoms with van der Waals surface area (Å²) in [6.45, 7) is 4.41. The van der Waals surface area contributed by atoms with Crippen LogP contribution in [0, 0.1) is 29.1 Å². The van der Waals surface area contributed by atoms with E-state index in [9.17, 15) is 5.11 Å². The summed E-state index contributed by atoms with van der Waals surface area (Å²) in [5.41, 5.74) is -0.130. The number of piperidine rings is 1. The Kier molecular flexibility index (Phi) is 2.80. The van der Waals surface area contributed by atoms with Crippen LogP contribution in [0.5, 0.6) is 0 Å². The zero-order valence-corrected chi connectivity index (χ0v) is 12.3. The molecule has 5 rings (SSSR count). The highest BCUT2D eigenvalue weighted by atomic mass is 16.3. The van der Waals surface area contributed by atoms with Crippen molar-refractivity contribution in [3.05, 3.63) is 0 Å². The minimum Gasteiger partial charge on any atom is -0.389 e. The first kappa shape index (κ1) is 12.6. The third-order valence-electron chi connectivity index (χ3n) is 7.25. The van der Waals surface area contributed by atoms with Gasteiger partial charge in [0, 0.05) is 0 Å². The molecule has 0 spiro atoms. The summed E-state index contributed by atoms with van der Waals surface area (Å²) in [7, 11) is 0. The van der Waals surface area contributed by atoms with Crippen molar-refractivity contribution in [3.63, 3.8) is 0 Å². The molecule has 0 aromatic heterocycles. The van der Waals surface area contributed by atoms with Gasteiger partial charge in [-0.2, -0.15) is 0 Å². The van der Waals surface area contributed by atoms with Crippen molar-refractivity contribution in [1.29, 1.82) is 0 Å². The van der Waals surface area contributed by atoms with Gasteiger partial charge in [-0.1, -0.05) is 0 Å². The van der Waals surface area contributed by atoms with Crippen LogP contribution in [0.4, 0.5) is 0 Å². The molecule has 4 aliphatic carbocycles. The van der Waals surface area contributed by atoms with Gasteiger partial charge in [0.2, 0.25) is 0 Å². The Bertz CT molecular complexity index is 321. The lowest BCUT2D eigenvalue weighted by Gasteiger charge is -2.63. The molecule has 5 aliphatic rings. The van der Waals surface area contributed by atoms with E-state index in [0.29, 0.717) is 5.92 Å². The average Bonchev–Trinajstić information content (AvgIpc) is 2.38. The molecule has 2 nitrogen and oxygen atoms in total. The highest BCUT2D eigenvalue weighted by molar-refractivity contribution is 5.10. The number of hydrogen-bond donors (Lipinski definition) is 2. The van der Waals surface area contributed by atoms with Crippen molar-refractivity contribution in [2.24, 2.45) is 29.1 Å². The lowest BCUT2D eigenvalue weighted by molar-refractivity contribution is -0.197. The van der Waals surface area contributed by atoms with E-state index in [4.69, 9.17) is 0 Å². The first-order valence-electron chi connectivity index (χ1n) is 8.52. The molecule has 4 saturated carbocycles. The molecule has 1 atom stereocenters. The maximum atomic E-state index is 11.5. The first-order valence-corrected chi connectivity index (χ1v) is 8.52. The first-order chi connectivity index (χ1) is 9.09. The maximum Gasteiger partial charge on any atom is 0.0704 e. The smallest absolute Gasteiger partial charge is 0.0704 e. The van der Waals surface area contributed by atoms with E-state index < -0.39 is 5.60 Å². The number of rotatable bonds is 2. The average molecular weight is 263 g/mol. The summed E-state index contributed by atoms with van der Waals surface area (Å²) in [5, 5.41) is 14.9. The molecule has 1 heterocycles. The minimum absolute atomic E-state index is 0.282. The second kappa shape index (κ2) is 4.21. The predicted octanol–water partition coefficient (Wildman–Crippen LogP) is 2.95. The van der Waals surface area contributed by atoms with Gasteiger partial charge in [0.15, 0.2) is 0 Å². The fraction of sp³-hybridized carbons (Fsp3) is 1.00. The van der Waals surface area contributed by atoms with Crippen LogP contribution in [0.1, 0.15) is 58.3 Å². The lowest BCUT2D eigenvalue weighted by atomic mass is 9.44. The van der Waals surface area contributed by atoms with Crippen LogP contribution in [0.15, 0.2) is 0 Å². The second-order valence-corrected chi connectivity index (χ2v) is 8.37. The fourth-order valence-electron chi connectivity index (χ4n) is 6.55. The van der Waals surface area contributed by atoms with Crippen molar-refractivity contribution in [3.8, 4) is 0 Å². The van der Waals surface area contributed by atoms with Crippen molar-refractivity contribution in [2.45, 2.75) is 63.9 Å². The van der Waals surface area contributed by atoms with Gasteiger partial charge in [-0.05, 0) is 100 Å². The molecule has 5 fully saturated rings. The quantitative estimate of drug-likeness (QED) is 0.803. The van der Waals surface area contributed by atoms with Crippen LogP contribution >= 0.6 is 0 Å². The molecule has 19 heavy (non-hydrogen) atoms. The Morgan fingerprint density at radius 1 is 0.947 bits per heavy atom. The van der Waals surface area contributed by atoms with Crippen LogP contribution in [0.2, 0.25) is 0 Å². The van der Waals surface area contributed by atoms with Crippen molar-refractivity contribution in [2.75, 3.05) is 13.1 Å². The maximum absolute atomic E-state index is 11.5. The van der Waals surface area contributed by atoms with Crippen LogP contribution in [-0.4, -0.2) is 23.8 Å². The highest BCUT2D eigenvalue weighted by Crippen LogP contribution is 2.65. The number of nitrogens with one attached hydrogen (secondary N) is 1. The molecule has 108 valence electrons. The van der Waals surface area contributed by atoms with Crippen molar-refractivity contribution < 1.29 is 5.11 Å². The van der Waals surface area contributed by atoms with Gasteiger partial charge in [-0.15, -0.1) is 0 Å². The topological polar surface area (TPSA) is 32.3 Å². The van der Waals surface area contributed by atoms with Crippen LogP contribution in [0.3, 0.4) is 0 Å². The molecule has 0 amide bonds. The van der Waals surface area contributed by atoms with Gasteiger partial charge in [-0.25, -0.2) is 0 Å². The third-order valence-corrected chi connectivity index (χ3v) is 7.25. The van der Waals surface area contributed by atoms with Crippen LogP contribution in [0.25, 0.3) is 0 Å². The third kappa shape index (κ3) is 1.82. The van der Waals surface area contributed by atoms with Gasteiger partial charge >= 0.3 is 0 Å². The van der Waals surface area contributed by atoms with Crippen molar-refractivity contribution in [1.82, 2.24) is 5.32 Å². The molecule has 0 aromatic carbocycles. The predicted molar refractivity (Wildman–Crippen MR) is 76.8 cm³/mol. The molecule has 0 aromatic rings. The lowest BCUT2D eigenvalue weighted by Crippen LogP contribution is -2.61. The second-order valence-electron chi connectivity index (χ2n) is 8.37. The van der Waals surface area contributed by atoms with Gasteiger partial charge in [-0.3, -0.25) is 0 Å². The van der Waals surface area contributed by atoms with Gasteiger partial charge in [0.25, 0.3) is 0 Å². The molecule has 0 radical (unpaired) electrons. The van der Waals surface area contributed by atoms with Gasteiger partial charge in [0.1, 0.15) is 0 Å². The Morgan fingerprint density at radius 3 is 1.89 bits per heavy atom. The highest BCUT2D eigenvalue weighted by Gasteiger charge is 2.60. The molecule has 1 aliphatic heterocycles. The van der Waals surface area contributed by atoms with E-state index in [1.807, 2.05) is 0 Å². The van der Waals surface area contributed by atoms with E-state index in [1.165, 1.54) is 51.4 Å². The normalized spacial score (nSPS) is 49.3. The molecule has 4 bridgehead atoms. The van der Waals surface area contributed by atoms with Gasteiger partial charge in [0.05, 0.1) is 5.60 Å². The van der Waals surface area contributed by atoms with E-state index in [0.717, 1.165) is 30.8 Å². The fourth-order valence-corrected chi connectivity index (χ4v) is 6.55. The summed E-state index contributed by atoms with van der Waals surface area (Å²) in [6.07, 6.45) is 10.8. The standard InChI is InChI=1S/C17H29NO/c1-16(19,15-2-4-18-5-3-15)17-9-12-6-13(10-17)8-14(7-12)11-17/h12-15,18-19H,2-11H2,1H3. The van der Waals surface area contributed by atoms with Crippen molar-refractivity contribution >= 4 is 0 Å². The molecule has 2 N–H and O–H groups in total. The van der Waals surface area contributed by atoms with E-state index >= 15 is 0 Å². The Morgan fingerprint density at radius 2 is 1.42 bits per heavy atom. The Hall–Kier alpha value is -0.0800. The van der Waals surface area contributed by atoms with E-state index in [1.54, 1.807) is 0 Å². The molecule has 1 saturated heterocycles. The molecular weight excluding hydrogens is 234 g/mol. The van der Waals surface area contributed by atoms with E-state index in [-0.39, 0.29) is 5.41 Å². The molecule has 1 unspecified atom stereocenters. The monoisotopic (exact) mass is 263 g/mol. The van der Waals surface area contributed by atoms with Crippen LogP contribution < -0.4 is 5.32 Å². The Balaban J connectivity index is 1.62. The number of aliphatic hydroxyl groups is 1. The number of hydrogen-bond acceptors (Lipinski definition) is 2. The largest absolute Gasteiger partial charge is 0.389 e. The SMILES string of the molecule is CC(O)(C1CCNCC1)C12CC3CC(CC(C3)C1)C2. The zero-order chi connectivity index (χ0) is 13.1. The van der Waals surface area contributed by atoms with Crippen LogP contribution in [-0.2, 0) is 0 Å². The summed E-state index contributed by atoms with van der Waals surface area (Å²) in [4.78, 5) is 0. The molecular formula is C17H29NO. The summed E-state index contributed by atoms with van der Waals surface area (Å²) < 4.78 is 0. The summed E-state index contributed by atoms with van der Waals surface area (Å²) in [5.74, 6) is 3.36. The zero-order valence-electron chi connectivity index (χ0n) is 12.3. The minimum atomic E-state index is -0.412. The Labute approximate surface area is 117 Å². The van der Waals surface area contributed by atoms with Gasteiger partial charge < -0.3 is 10.4 Å².